The fourth-order valence-corrected chi connectivity index (χ4v) is 5.44. The smallest absolute Gasteiger partial charge is 0.139 e. The van der Waals surface area contributed by atoms with Crippen LogP contribution in [0.15, 0.2) is 72.8 Å². The number of aryl methyl sites for hydroxylation is 2. The van der Waals surface area contributed by atoms with E-state index in [0.29, 0.717) is 0 Å². The first-order valence-corrected chi connectivity index (χ1v) is 14.7. The highest BCUT2D eigenvalue weighted by atomic mass is 15.1. The van der Waals surface area contributed by atoms with Gasteiger partial charge in [-0.1, -0.05) is 93.8 Å². The molecule has 39 heavy (non-hydrogen) atoms. The predicted molar refractivity (Wildman–Crippen MR) is 167 cm³/mol. The number of nitrogens with one attached hydrogen (secondary N) is 1. The summed E-state index contributed by atoms with van der Waals surface area (Å²) in [6, 6.07) is 26.1. The third-order valence-corrected chi connectivity index (χ3v) is 7.80. The van der Waals surface area contributed by atoms with Crippen molar-refractivity contribution in [1.29, 1.82) is 0 Å². The number of para-hydroxylation sites is 1. The van der Waals surface area contributed by atoms with E-state index in [1.54, 1.807) is 0 Å². The molecule has 0 radical (unpaired) electrons. The van der Waals surface area contributed by atoms with Gasteiger partial charge in [-0.25, -0.2) is 9.97 Å². The highest BCUT2D eigenvalue weighted by molar-refractivity contribution is 5.89. The molecule has 206 valence electrons. The molecule has 1 aliphatic carbocycles. The molecular formula is C35H46N4. The Morgan fingerprint density at radius 2 is 1.41 bits per heavy atom. The molecule has 0 aliphatic heterocycles. The van der Waals surface area contributed by atoms with Gasteiger partial charge < -0.3 is 10.2 Å². The summed E-state index contributed by atoms with van der Waals surface area (Å²) in [7, 11) is 3.99. The lowest BCUT2D eigenvalue weighted by Gasteiger charge is -2.26. The van der Waals surface area contributed by atoms with Gasteiger partial charge in [0.25, 0.3) is 0 Å². The summed E-state index contributed by atoms with van der Waals surface area (Å²) in [5.74, 6) is 3.62. The monoisotopic (exact) mass is 522 g/mol. The van der Waals surface area contributed by atoms with Crippen molar-refractivity contribution in [2.75, 3.05) is 25.5 Å². The minimum Gasteiger partial charge on any atom is -0.362 e. The molecule has 0 spiro atoms. The van der Waals surface area contributed by atoms with Crippen LogP contribution in [-0.2, 0) is 13.0 Å². The number of fused-ring (bicyclic) bond motifs is 1. The molecule has 1 aliphatic rings. The van der Waals surface area contributed by atoms with Crippen LogP contribution in [0.5, 0.6) is 0 Å². The largest absolute Gasteiger partial charge is 0.362 e. The van der Waals surface area contributed by atoms with Crippen LogP contribution in [-0.4, -0.2) is 30.6 Å². The third kappa shape index (κ3) is 8.37. The summed E-state index contributed by atoms with van der Waals surface area (Å²) >= 11 is 0. The predicted octanol–water partition coefficient (Wildman–Crippen LogP) is 8.23. The number of hydrogen-bond donors (Lipinski definition) is 1. The summed E-state index contributed by atoms with van der Waals surface area (Å²) in [5.41, 5.74) is 6.45. The van der Waals surface area contributed by atoms with Crippen LogP contribution in [0.2, 0.25) is 0 Å². The normalized spacial score (nSPS) is 16.9. The Bertz CT molecular complexity index is 1290. The molecule has 4 nitrogen and oxygen atoms in total. The zero-order valence-electron chi connectivity index (χ0n) is 24.6. The van der Waals surface area contributed by atoms with E-state index in [9.17, 15) is 0 Å². The van der Waals surface area contributed by atoms with Crippen LogP contribution in [0, 0.1) is 18.8 Å². The second-order valence-electron chi connectivity index (χ2n) is 11.4. The van der Waals surface area contributed by atoms with Crippen molar-refractivity contribution >= 4 is 16.7 Å². The van der Waals surface area contributed by atoms with Crippen LogP contribution < -0.4 is 10.2 Å². The molecule has 1 fully saturated rings. The molecule has 0 atom stereocenters. The molecule has 1 saturated carbocycles. The highest BCUT2D eigenvalue weighted by Crippen LogP contribution is 2.28. The van der Waals surface area contributed by atoms with Gasteiger partial charge in [-0.3, -0.25) is 0 Å². The van der Waals surface area contributed by atoms with Crippen LogP contribution in [0.3, 0.4) is 0 Å². The molecule has 4 heteroatoms. The fourth-order valence-electron chi connectivity index (χ4n) is 5.44. The van der Waals surface area contributed by atoms with Gasteiger partial charge >= 0.3 is 0 Å². The fraction of sp³-hybridized carbons (Fsp3) is 0.429. The number of benzene rings is 3. The summed E-state index contributed by atoms with van der Waals surface area (Å²) in [5, 5.41) is 4.77. The van der Waals surface area contributed by atoms with Crippen molar-refractivity contribution in [3.63, 3.8) is 0 Å². The number of hydrogen-bond acceptors (Lipinski definition) is 4. The minimum absolute atomic E-state index is 0.812. The van der Waals surface area contributed by atoms with Crippen LogP contribution in [0.4, 0.5) is 5.82 Å². The van der Waals surface area contributed by atoms with Gasteiger partial charge in [0.05, 0.1) is 5.52 Å². The van der Waals surface area contributed by atoms with Crippen LogP contribution in [0.25, 0.3) is 22.0 Å². The first-order valence-electron chi connectivity index (χ1n) is 14.7. The van der Waals surface area contributed by atoms with E-state index in [1.165, 1.54) is 67.3 Å². The van der Waals surface area contributed by atoms with Crippen LogP contribution >= 0.6 is 0 Å². The molecule has 0 amide bonds. The van der Waals surface area contributed by atoms with Gasteiger partial charge in [-0.2, -0.15) is 0 Å². The molecule has 4 aromatic rings. The summed E-state index contributed by atoms with van der Waals surface area (Å²) in [6.07, 6.45) is 8.02. The van der Waals surface area contributed by atoms with E-state index in [0.717, 1.165) is 40.9 Å². The number of nitrogens with zero attached hydrogens (tertiary/aromatic N) is 3. The van der Waals surface area contributed by atoms with E-state index in [4.69, 9.17) is 0 Å². The quantitative estimate of drug-likeness (QED) is 0.253. The van der Waals surface area contributed by atoms with E-state index < -0.39 is 0 Å². The van der Waals surface area contributed by atoms with Crippen LogP contribution in [0.1, 0.15) is 62.9 Å². The minimum atomic E-state index is 0.812. The Hall–Kier alpha value is -3.24. The Kier molecular flexibility index (Phi) is 10.5. The van der Waals surface area contributed by atoms with E-state index in [-0.39, 0.29) is 0 Å². The molecule has 3 aromatic carbocycles. The maximum absolute atomic E-state index is 4.42. The van der Waals surface area contributed by atoms with E-state index in [2.05, 4.69) is 77.7 Å². The zero-order chi connectivity index (χ0) is 27.6. The lowest BCUT2D eigenvalue weighted by atomic mass is 9.83. The number of aromatic nitrogens is 2. The molecule has 1 aromatic heterocycles. The lowest BCUT2D eigenvalue weighted by molar-refractivity contribution is 0.281. The first-order chi connectivity index (χ1) is 18.9. The Morgan fingerprint density at radius 3 is 2.03 bits per heavy atom. The maximum atomic E-state index is 4.42. The number of rotatable bonds is 8. The van der Waals surface area contributed by atoms with Crippen molar-refractivity contribution in [1.82, 2.24) is 15.3 Å². The molecule has 1 heterocycles. The van der Waals surface area contributed by atoms with Gasteiger partial charge in [0.15, 0.2) is 0 Å². The Morgan fingerprint density at radius 1 is 0.795 bits per heavy atom. The molecular weight excluding hydrogens is 476 g/mol. The topological polar surface area (TPSA) is 41.1 Å². The number of anilines is 1. The lowest BCUT2D eigenvalue weighted by Crippen LogP contribution is -2.25. The SMILES string of the molecule is CCCc1ccc(-c2ccc(CNCC3CCC(C)CC3)cc2)cc1.Cc1nc(N(C)C)c2ccccc2n1. The summed E-state index contributed by atoms with van der Waals surface area (Å²) in [4.78, 5) is 10.8. The maximum Gasteiger partial charge on any atom is 0.139 e. The first kappa shape index (κ1) is 28.8. The Labute approximate surface area is 235 Å². The zero-order valence-corrected chi connectivity index (χ0v) is 24.6. The van der Waals surface area contributed by atoms with Crippen molar-refractivity contribution in [2.45, 2.75) is 65.8 Å². The highest BCUT2D eigenvalue weighted by Gasteiger charge is 2.17. The molecule has 5 rings (SSSR count). The second-order valence-corrected chi connectivity index (χ2v) is 11.4. The molecule has 0 saturated heterocycles. The van der Waals surface area contributed by atoms with Gasteiger partial charge in [0.2, 0.25) is 0 Å². The summed E-state index contributed by atoms with van der Waals surface area (Å²) in [6.45, 7) is 8.70. The van der Waals surface area contributed by atoms with E-state index >= 15 is 0 Å². The standard InChI is InChI=1S/C24H33N.C11H13N3/c1-3-4-20-9-13-23(14-10-20)24-15-11-22(12-16-24)18-25-17-21-7-5-19(2)6-8-21;1-8-12-10-7-5-4-6-9(10)11(13-8)14(2)3/h9-16,19,21,25H,3-8,17-18H2,1-2H3;4-7H,1-3H3. The molecule has 0 bridgehead atoms. The van der Waals surface area contributed by atoms with Gasteiger partial charge in [0.1, 0.15) is 11.6 Å². The van der Waals surface area contributed by atoms with Crippen molar-refractivity contribution < 1.29 is 0 Å². The molecule has 0 unspecified atom stereocenters. The van der Waals surface area contributed by atoms with Gasteiger partial charge in [-0.15, -0.1) is 0 Å². The molecule has 1 N–H and O–H groups in total. The van der Waals surface area contributed by atoms with Crippen molar-refractivity contribution in [3.05, 3.63) is 89.7 Å². The van der Waals surface area contributed by atoms with E-state index in [1.807, 2.05) is 50.2 Å². The average Bonchev–Trinajstić information content (AvgIpc) is 2.95. The van der Waals surface area contributed by atoms with Gasteiger partial charge in [0, 0.05) is 26.0 Å². The Balaban J connectivity index is 0.000000212. The average molecular weight is 523 g/mol. The summed E-state index contributed by atoms with van der Waals surface area (Å²) < 4.78 is 0. The van der Waals surface area contributed by atoms with Gasteiger partial charge in [-0.05, 0) is 79.0 Å². The van der Waals surface area contributed by atoms with Crippen molar-refractivity contribution in [2.24, 2.45) is 11.8 Å². The third-order valence-electron chi connectivity index (χ3n) is 7.80. The second kappa shape index (κ2) is 14.2. The van der Waals surface area contributed by atoms with Crippen molar-refractivity contribution in [3.8, 4) is 11.1 Å².